The molecule has 0 saturated carbocycles. The molecule has 0 atom stereocenters. The van der Waals surface area contributed by atoms with Crippen LogP contribution in [0, 0.1) is 9.49 Å². The summed E-state index contributed by atoms with van der Waals surface area (Å²) >= 11 is 8.41. The largest absolute Gasteiger partial charge is 0.388 e. The van der Waals surface area contributed by atoms with Crippen molar-refractivity contribution in [1.29, 1.82) is 0 Å². The monoisotopic (exact) mass is 374 g/mol. The zero-order valence-electron chi connectivity index (χ0n) is 10.7. The Morgan fingerprint density at radius 3 is 2.67 bits per heavy atom. The van der Waals surface area contributed by atoms with Gasteiger partial charge in [0.2, 0.25) is 0 Å². The molecular weight excluding hydrogens is 359 g/mol. The fourth-order valence-electron chi connectivity index (χ4n) is 2.03. The van der Waals surface area contributed by atoms with Gasteiger partial charge in [0.1, 0.15) is 0 Å². The second-order valence-electron chi connectivity index (χ2n) is 4.79. The van der Waals surface area contributed by atoms with Gasteiger partial charge in [0.25, 0.3) is 0 Å². The van der Waals surface area contributed by atoms with E-state index in [9.17, 15) is 0 Å². The van der Waals surface area contributed by atoms with Crippen LogP contribution >= 0.6 is 34.2 Å². The fraction of sp³-hybridized carbons (Fsp3) is 0.357. The number of nitrogens with one attached hydrogen (secondary N) is 1. The van der Waals surface area contributed by atoms with Gasteiger partial charge in [-0.05, 0) is 53.1 Å². The zero-order chi connectivity index (χ0) is 13.3. The summed E-state index contributed by atoms with van der Waals surface area (Å²) in [6, 6.07) is 6.04. The molecule has 0 spiro atoms. The van der Waals surface area contributed by atoms with E-state index in [4.69, 9.17) is 16.6 Å². The molecule has 2 nitrogen and oxygen atoms in total. The van der Waals surface area contributed by atoms with Crippen molar-refractivity contribution < 1.29 is 0 Å². The molecule has 0 bridgehead atoms. The number of rotatable bonds is 3. The molecule has 0 aliphatic carbocycles. The molecule has 0 aliphatic heterocycles. The molecule has 1 aromatic heterocycles. The number of fused-ring (bicyclic) bond motifs is 1. The molecule has 2 aromatic rings. The van der Waals surface area contributed by atoms with Gasteiger partial charge in [-0.3, -0.25) is 4.98 Å². The number of hydrogen-bond acceptors (Lipinski definition) is 2. The van der Waals surface area contributed by atoms with Crippen molar-refractivity contribution in [2.45, 2.75) is 20.3 Å². The van der Waals surface area contributed by atoms with Crippen LogP contribution in [0.2, 0.25) is 5.02 Å². The van der Waals surface area contributed by atoms with E-state index in [0.29, 0.717) is 5.92 Å². The minimum Gasteiger partial charge on any atom is -0.388 e. The van der Waals surface area contributed by atoms with Crippen molar-refractivity contribution in [3.8, 4) is 0 Å². The SMILES string of the molecule is CNc1cc(CC(C)C)nc2c(I)cc(Cl)cc12. The molecule has 1 heterocycles. The molecule has 0 aliphatic rings. The normalized spacial score (nSPS) is 11.2. The smallest absolute Gasteiger partial charge is 0.0860 e. The lowest BCUT2D eigenvalue weighted by Gasteiger charge is -2.12. The predicted octanol–water partition coefficient (Wildman–Crippen LogP) is 4.73. The van der Waals surface area contributed by atoms with Crippen molar-refractivity contribution in [3.63, 3.8) is 0 Å². The van der Waals surface area contributed by atoms with Gasteiger partial charge in [-0.2, -0.15) is 0 Å². The first kappa shape index (κ1) is 13.9. The maximum absolute atomic E-state index is 6.12. The van der Waals surface area contributed by atoms with E-state index >= 15 is 0 Å². The van der Waals surface area contributed by atoms with Gasteiger partial charge in [-0.15, -0.1) is 0 Å². The molecule has 0 radical (unpaired) electrons. The van der Waals surface area contributed by atoms with Crippen LogP contribution in [0.15, 0.2) is 18.2 Å². The third kappa shape index (κ3) is 2.88. The summed E-state index contributed by atoms with van der Waals surface area (Å²) in [7, 11) is 1.93. The quantitative estimate of drug-likeness (QED) is 0.785. The Kier molecular flexibility index (Phi) is 4.33. The van der Waals surface area contributed by atoms with E-state index in [1.165, 1.54) is 0 Å². The standard InChI is InChI=1S/C14H16ClIN2/c1-8(2)4-10-7-13(17-3)11-5-9(15)6-12(16)14(11)18-10/h5-8H,4H2,1-3H3,(H,17,18). The summed E-state index contributed by atoms with van der Waals surface area (Å²) in [5, 5.41) is 5.07. The Balaban J connectivity index is 2.67. The lowest BCUT2D eigenvalue weighted by molar-refractivity contribution is 0.637. The topological polar surface area (TPSA) is 24.9 Å². The van der Waals surface area contributed by atoms with Crippen LogP contribution in [0.4, 0.5) is 5.69 Å². The van der Waals surface area contributed by atoms with Crippen LogP contribution in [-0.2, 0) is 6.42 Å². The second kappa shape index (κ2) is 5.61. The van der Waals surface area contributed by atoms with Gasteiger partial charge < -0.3 is 5.32 Å². The summed E-state index contributed by atoms with van der Waals surface area (Å²) < 4.78 is 1.09. The Hall–Kier alpha value is -0.550. The first-order valence-corrected chi connectivity index (χ1v) is 7.43. The number of aromatic nitrogens is 1. The van der Waals surface area contributed by atoms with Gasteiger partial charge in [0, 0.05) is 32.4 Å². The van der Waals surface area contributed by atoms with Crippen molar-refractivity contribution >= 4 is 50.8 Å². The molecule has 18 heavy (non-hydrogen) atoms. The fourth-order valence-corrected chi connectivity index (χ4v) is 3.18. The van der Waals surface area contributed by atoms with E-state index < -0.39 is 0 Å². The average molecular weight is 375 g/mol. The van der Waals surface area contributed by atoms with E-state index in [1.807, 2.05) is 19.2 Å². The average Bonchev–Trinajstić information content (AvgIpc) is 2.28. The number of benzene rings is 1. The lowest BCUT2D eigenvalue weighted by atomic mass is 10.1. The maximum Gasteiger partial charge on any atom is 0.0860 e. The van der Waals surface area contributed by atoms with Gasteiger partial charge in [-0.25, -0.2) is 0 Å². The van der Waals surface area contributed by atoms with E-state index in [1.54, 1.807) is 0 Å². The first-order valence-electron chi connectivity index (χ1n) is 5.97. The molecule has 1 aromatic carbocycles. The predicted molar refractivity (Wildman–Crippen MR) is 87.6 cm³/mol. The molecule has 0 fully saturated rings. The van der Waals surface area contributed by atoms with Crippen LogP contribution in [0.25, 0.3) is 10.9 Å². The van der Waals surface area contributed by atoms with Crippen LogP contribution in [0.5, 0.6) is 0 Å². The molecular formula is C14H16ClIN2. The molecule has 0 unspecified atom stereocenters. The Morgan fingerprint density at radius 2 is 2.06 bits per heavy atom. The van der Waals surface area contributed by atoms with Crippen LogP contribution < -0.4 is 5.32 Å². The summed E-state index contributed by atoms with van der Waals surface area (Å²) in [5.41, 5.74) is 3.25. The van der Waals surface area contributed by atoms with Crippen molar-refractivity contribution in [2.24, 2.45) is 5.92 Å². The number of anilines is 1. The van der Waals surface area contributed by atoms with Gasteiger partial charge in [0.05, 0.1) is 5.52 Å². The summed E-state index contributed by atoms with van der Waals surface area (Å²) in [6.07, 6.45) is 0.989. The van der Waals surface area contributed by atoms with E-state index in [0.717, 1.165) is 37.3 Å². The van der Waals surface area contributed by atoms with Crippen molar-refractivity contribution in [2.75, 3.05) is 12.4 Å². The molecule has 0 amide bonds. The van der Waals surface area contributed by atoms with Crippen molar-refractivity contribution in [3.05, 3.63) is 32.5 Å². The molecule has 0 saturated heterocycles. The van der Waals surface area contributed by atoms with E-state index in [-0.39, 0.29) is 0 Å². The highest BCUT2D eigenvalue weighted by atomic mass is 127. The molecule has 1 N–H and O–H groups in total. The molecule has 4 heteroatoms. The number of halogens is 2. The second-order valence-corrected chi connectivity index (χ2v) is 6.39. The van der Waals surface area contributed by atoms with Gasteiger partial charge in [0.15, 0.2) is 0 Å². The highest BCUT2D eigenvalue weighted by Crippen LogP contribution is 2.30. The Morgan fingerprint density at radius 1 is 1.33 bits per heavy atom. The highest BCUT2D eigenvalue weighted by Gasteiger charge is 2.10. The van der Waals surface area contributed by atoms with Crippen LogP contribution in [-0.4, -0.2) is 12.0 Å². The van der Waals surface area contributed by atoms with Crippen molar-refractivity contribution in [1.82, 2.24) is 4.98 Å². The zero-order valence-corrected chi connectivity index (χ0v) is 13.6. The Bertz CT molecular complexity index is 582. The Labute approximate surface area is 126 Å². The molecule has 96 valence electrons. The van der Waals surface area contributed by atoms with Gasteiger partial charge >= 0.3 is 0 Å². The van der Waals surface area contributed by atoms with Crippen LogP contribution in [0.1, 0.15) is 19.5 Å². The third-order valence-electron chi connectivity index (χ3n) is 2.77. The summed E-state index contributed by atoms with van der Waals surface area (Å²) in [4.78, 5) is 4.76. The third-order valence-corrected chi connectivity index (χ3v) is 3.81. The maximum atomic E-state index is 6.12. The lowest BCUT2D eigenvalue weighted by Crippen LogP contribution is -2.01. The van der Waals surface area contributed by atoms with Gasteiger partial charge in [-0.1, -0.05) is 25.4 Å². The van der Waals surface area contributed by atoms with Crippen LogP contribution in [0.3, 0.4) is 0 Å². The number of pyridine rings is 1. The first-order chi connectivity index (χ1) is 8.51. The summed E-state index contributed by atoms with van der Waals surface area (Å²) in [5.74, 6) is 0.601. The molecule has 2 rings (SSSR count). The summed E-state index contributed by atoms with van der Waals surface area (Å²) in [6.45, 7) is 4.41. The highest BCUT2D eigenvalue weighted by molar-refractivity contribution is 14.1. The number of nitrogens with zero attached hydrogens (tertiary/aromatic N) is 1. The number of hydrogen-bond donors (Lipinski definition) is 1. The minimum absolute atomic E-state index is 0.601. The van der Waals surface area contributed by atoms with E-state index in [2.05, 4.69) is 47.8 Å². The minimum atomic E-state index is 0.601.